The van der Waals surface area contributed by atoms with Gasteiger partial charge in [0.25, 0.3) is 5.56 Å². The summed E-state index contributed by atoms with van der Waals surface area (Å²) in [6.07, 6.45) is 0. The first-order valence-electron chi connectivity index (χ1n) is 4.12. The second-order valence-electron chi connectivity index (χ2n) is 2.67. The highest BCUT2D eigenvalue weighted by Gasteiger charge is 1.95. The molecule has 14 heavy (non-hydrogen) atoms. The van der Waals surface area contributed by atoms with Crippen LogP contribution in [-0.4, -0.2) is 4.98 Å². The molecule has 0 aliphatic rings. The van der Waals surface area contributed by atoms with Gasteiger partial charge in [0.15, 0.2) is 5.13 Å². The minimum absolute atomic E-state index is 0.220. The fourth-order valence-electron chi connectivity index (χ4n) is 1.02. The number of aromatic nitrogens is 1. The summed E-state index contributed by atoms with van der Waals surface area (Å²) in [6.45, 7) is 0. The van der Waals surface area contributed by atoms with Gasteiger partial charge in [0.1, 0.15) is 0 Å². The summed E-state index contributed by atoms with van der Waals surface area (Å²) in [7, 11) is 0. The number of para-hydroxylation sites is 1. The van der Waals surface area contributed by atoms with Crippen molar-refractivity contribution in [2.75, 3.05) is 5.32 Å². The van der Waals surface area contributed by atoms with E-state index < -0.39 is 0 Å². The number of nitrogens with one attached hydrogen (secondary N) is 1. The van der Waals surface area contributed by atoms with Crippen LogP contribution in [0.15, 0.2) is 46.6 Å². The fraction of sp³-hybridized carbons (Fsp3) is 0. The monoisotopic (exact) mass is 204 g/mol. The smallest absolute Gasteiger partial charge is 0.273 e. The van der Waals surface area contributed by atoms with E-state index in [9.17, 15) is 4.79 Å². The van der Waals surface area contributed by atoms with Crippen LogP contribution in [0.4, 0.5) is 10.8 Å². The van der Waals surface area contributed by atoms with Crippen LogP contribution in [0, 0.1) is 0 Å². The molecule has 1 N–H and O–H groups in total. The molecule has 0 aliphatic heterocycles. The van der Waals surface area contributed by atoms with E-state index in [4.69, 9.17) is 0 Å². The van der Waals surface area contributed by atoms with Gasteiger partial charge in [-0.05, 0) is 17.5 Å². The van der Waals surface area contributed by atoms with E-state index >= 15 is 0 Å². The molecule has 1 heterocycles. The molecule has 1 aromatic heterocycles. The Hall–Kier alpha value is -1.68. The molecule has 2 rings (SSSR count). The van der Waals surface area contributed by atoms with E-state index in [1.807, 2.05) is 30.3 Å². The Bertz CT molecular complexity index is 467. The van der Waals surface area contributed by atoms with Crippen molar-refractivity contribution in [2.45, 2.75) is 0 Å². The maximum absolute atomic E-state index is 10.9. The summed E-state index contributed by atoms with van der Waals surface area (Å²) >= 11 is 1.40. The summed E-state index contributed by atoms with van der Waals surface area (Å²) in [5.41, 5.74) is 0.712. The van der Waals surface area contributed by atoms with Crippen molar-refractivity contribution in [3.05, 3.63) is 52.1 Å². The average molecular weight is 204 g/mol. The third-order valence-electron chi connectivity index (χ3n) is 1.63. The van der Waals surface area contributed by atoms with Crippen LogP contribution in [0.1, 0.15) is 0 Å². The lowest BCUT2D eigenvalue weighted by molar-refractivity contribution is 1.27. The van der Waals surface area contributed by atoms with E-state index in [0.717, 1.165) is 5.69 Å². The Morgan fingerprint density at radius 2 is 1.93 bits per heavy atom. The summed E-state index contributed by atoms with van der Waals surface area (Å²) in [5, 5.41) is 5.39. The van der Waals surface area contributed by atoms with E-state index in [0.29, 0.717) is 5.13 Å². The molecular weight excluding hydrogens is 196 g/mol. The molecule has 1 aromatic carbocycles. The standard InChI is InChI=1S/C10H8N2OS/c13-9-6-7-14-10(12-9)11-8-4-2-1-3-5-8/h1-7H,(H,11,12,13). The number of hydrogen-bond acceptors (Lipinski definition) is 4. The van der Waals surface area contributed by atoms with Crippen molar-refractivity contribution < 1.29 is 0 Å². The van der Waals surface area contributed by atoms with Gasteiger partial charge in [0.2, 0.25) is 0 Å². The maximum Gasteiger partial charge on any atom is 0.273 e. The number of anilines is 2. The molecule has 0 atom stereocenters. The SMILES string of the molecule is O=c1ccsc(Nc2ccccc2)n1. The number of rotatable bonds is 2. The normalized spacial score (nSPS) is 9.71. The molecule has 2 aromatic rings. The Labute approximate surface area is 85.1 Å². The minimum atomic E-state index is -0.220. The zero-order valence-corrected chi connectivity index (χ0v) is 8.12. The molecule has 3 nitrogen and oxygen atoms in total. The topological polar surface area (TPSA) is 42.0 Å². The van der Waals surface area contributed by atoms with E-state index in [1.165, 1.54) is 17.4 Å². The summed E-state index contributed by atoms with van der Waals surface area (Å²) in [5.74, 6) is 0. The van der Waals surface area contributed by atoms with Crippen molar-refractivity contribution in [3.8, 4) is 0 Å². The summed E-state index contributed by atoms with van der Waals surface area (Å²) in [6, 6.07) is 11.1. The molecule has 0 saturated heterocycles. The molecule has 0 unspecified atom stereocenters. The second-order valence-corrected chi connectivity index (χ2v) is 3.56. The number of benzene rings is 1. The summed E-state index contributed by atoms with van der Waals surface area (Å²) in [4.78, 5) is 14.8. The van der Waals surface area contributed by atoms with Gasteiger partial charge in [-0.15, -0.1) is 11.3 Å². The highest BCUT2D eigenvalue weighted by Crippen LogP contribution is 2.15. The molecule has 0 bridgehead atoms. The second kappa shape index (κ2) is 4.02. The summed E-state index contributed by atoms with van der Waals surface area (Å²) < 4.78 is 0. The van der Waals surface area contributed by atoms with Crippen LogP contribution >= 0.6 is 11.3 Å². The van der Waals surface area contributed by atoms with Crippen LogP contribution in [0.2, 0.25) is 0 Å². The van der Waals surface area contributed by atoms with Gasteiger partial charge in [-0.3, -0.25) is 4.79 Å². The van der Waals surface area contributed by atoms with Crippen molar-refractivity contribution in [2.24, 2.45) is 0 Å². The zero-order valence-electron chi connectivity index (χ0n) is 7.31. The number of hydrogen-bond donors (Lipinski definition) is 1. The van der Waals surface area contributed by atoms with E-state index in [-0.39, 0.29) is 5.56 Å². The van der Waals surface area contributed by atoms with Crippen molar-refractivity contribution >= 4 is 22.2 Å². The van der Waals surface area contributed by atoms with E-state index in [1.54, 1.807) is 5.38 Å². The van der Waals surface area contributed by atoms with Gasteiger partial charge in [-0.1, -0.05) is 18.2 Å². The predicted octanol–water partition coefficient (Wildman–Crippen LogP) is 2.25. The third-order valence-corrected chi connectivity index (χ3v) is 2.32. The molecule has 0 amide bonds. The first-order valence-corrected chi connectivity index (χ1v) is 5.00. The average Bonchev–Trinajstić information content (AvgIpc) is 2.19. The van der Waals surface area contributed by atoms with Crippen molar-refractivity contribution in [3.63, 3.8) is 0 Å². The van der Waals surface area contributed by atoms with Crippen LogP contribution in [-0.2, 0) is 0 Å². The molecule has 0 aliphatic carbocycles. The van der Waals surface area contributed by atoms with Gasteiger partial charge < -0.3 is 5.32 Å². The molecule has 4 heteroatoms. The Morgan fingerprint density at radius 3 is 2.64 bits per heavy atom. The quantitative estimate of drug-likeness (QED) is 0.815. The van der Waals surface area contributed by atoms with Gasteiger partial charge in [-0.25, -0.2) is 0 Å². The van der Waals surface area contributed by atoms with Crippen LogP contribution in [0.25, 0.3) is 0 Å². The lowest BCUT2D eigenvalue weighted by Gasteiger charge is -2.01. The molecule has 0 spiro atoms. The molecule has 0 saturated carbocycles. The minimum Gasteiger partial charge on any atom is -0.331 e. The Kier molecular flexibility index (Phi) is 2.55. The number of nitrogens with zero attached hydrogens (tertiary/aromatic N) is 1. The molecule has 0 radical (unpaired) electrons. The lowest BCUT2D eigenvalue weighted by Crippen LogP contribution is -2.04. The fourth-order valence-corrected chi connectivity index (χ4v) is 1.66. The highest BCUT2D eigenvalue weighted by atomic mass is 32.1. The molecular formula is C10H8N2OS. The van der Waals surface area contributed by atoms with Crippen LogP contribution < -0.4 is 10.9 Å². The Balaban J connectivity index is 2.24. The first kappa shape index (κ1) is 8.90. The van der Waals surface area contributed by atoms with Crippen molar-refractivity contribution in [1.29, 1.82) is 0 Å². The lowest BCUT2D eigenvalue weighted by atomic mass is 10.3. The molecule has 0 fully saturated rings. The molecule has 70 valence electrons. The first-order chi connectivity index (χ1) is 6.84. The largest absolute Gasteiger partial charge is 0.331 e. The van der Waals surface area contributed by atoms with E-state index in [2.05, 4.69) is 10.3 Å². The predicted molar refractivity (Wildman–Crippen MR) is 58.1 cm³/mol. The van der Waals surface area contributed by atoms with Crippen molar-refractivity contribution in [1.82, 2.24) is 4.98 Å². The van der Waals surface area contributed by atoms with Gasteiger partial charge in [0.05, 0.1) is 0 Å². The van der Waals surface area contributed by atoms with Gasteiger partial charge in [0, 0.05) is 11.8 Å². The third kappa shape index (κ3) is 2.17. The zero-order chi connectivity index (χ0) is 9.80. The Morgan fingerprint density at radius 1 is 1.14 bits per heavy atom. The highest BCUT2D eigenvalue weighted by molar-refractivity contribution is 7.13. The van der Waals surface area contributed by atoms with Gasteiger partial charge in [-0.2, -0.15) is 4.98 Å². The maximum atomic E-state index is 10.9. The van der Waals surface area contributed by atoms with Crippen LogP contribution in [0.3, 0.4) is 0 Å². The van der Waals surface area contributed by atoms with Crippen LogP contribution in [0.5, 0.6) is 0 Å². The van der Waals surface area contributed by atoms with Gasteiger partial charge >= 0.3 is 0 Å².